The zero-order chi connectivity index (χ0) is 15.0. The molecule has 9 nitrogen and oxygen atoms in total. The Labute approximate surface area is 120 Å². The van der Waals surface area contributed by atoms with Crippen molar-refractivity contribution < 1.29 is 19.3 Å². The standard InChI is InChI=1S/C12H17N5O4/c1-19-12(20-2)9-8(18)6(3-21-9)17-5-16-7-10(13)14-4-15-11(7)17/h4-6,8-9,12,18H,3H2,1-2H3,(H2,13,14,15)/t6-,8+,9+/m0/s1. The third-order valence-electron chi connectivity index (χ3n) is 3.67. The molecule has 0 aromatic carbocycles. The van der Waals surface area contributed by atoms with Gasteiger partial charge in [-0.3, -0.25) is 0 Å². The molecule has 1 saturated heterocycles. The van der Waals surface area contributed by atoms with E-state index in [-0.39, 0.29) is 6.04 Å². The fourth-order valence-corrected chi connectivity index (χ4v) is 2.59. The van der Waals surface area contributed by atoms with Gasteiger partial charge in [-0.05, 0) is 0 Å². The van der Waals surface area contributed by atoms with E-state index in [1.165, 1.54) is 20.5 Å². The Bertz CT molecular complexity index is 629. The van der Waals surface area contributed by atoms with Crippen LogP contribution in [0.4, 0.5) is 5.82 Å². The van der Waals surface area contributed by atoms with E-state index in [9.17, 15) is 5.11 Å². The predicted octanol–water partition coefficient (Wildman–Crippen LogP) is -0.672. The first kappa shape index (κ1) is 14.1. The number of hydrogen-bond donors (Lipinski definition) is 2. The maximum Gasteiger partial charge on any atom is 0.185 e. The largest absolute Gasteiger partial charge is 0.388 e. The summed E-state index contributed by atoms with van der Waals surface area (Å²) in [7, 11) is 3.00. The van der Waals surface area contributed by atoms with Crippen LogP contribution in [0, 0.1) is 0 Å². The molecule has 1 aliphatic heterocycles. The van der Waals surface area contributed by atoms with Gasteiger partial charge in [0.25, 0.3) is 0 Å². The second-order valence-corrected chi connectivity index (χ2v) is 4.78. The molecular formula is C12H17N5O4. The predicted molar refractivity (Wildman–Crippen MR) is 72.3 cm³/mol. The van der Waals surface area contributed by atoms with Crippen LogP contribution in [0.1, 0.15) is 6.04 Å². The Balaban J connectivity index is 1.92. The minimum absolute atomic E-state index is 0.296. The topological polar surface area (TPSA) is 118 Å². The van der Waals surface area contributed by atoms with Crippen molar-refractivity contribution in [1.29, 1.82) is 0 Å². The van der Waals surface area contributed by atoms with Crippen molar-refractivity contribution in [3.8, 4) is 0 Å². The number of ether oxygens (including phenoxy) is 3. The molecule has 1 aliphatic rings. The van der Waals surface area contributed by atoms with Crippen molar-refractivity contribution in [3.63, 3.8) is 0 Å². The number of fused-ring (bicyclic) bond motifs is 1. The number of nitrogen functional groups attached to an aromatic ring is 1. The number of aliphatic hydroxyl groups excluding tert-OH is 1. The molecule has 0 saturated carbocycles. The summed E-state index contributed by atoms with van der Waals surface area (Å²) in [5.41, 5.74) is 6.82. The molecule has 21 heavy (non-hydrogen) atoms. The van der Waals surface area contributed by atoms with Gasteiger partial charge >= 0.3 is 0 Å². The van der Waals surface area contributed by atoms with Crippen LogP contribution in [-0.4, -0.2) is 63.9 Å². The average Bonchev–Trinajstić information content (AvgIpc) is 3.06. The van der Waals surface area contributed by atoms with Crippen LogP contribution in [0.3, 0.4) is 0 Å². The number of aliphatic hydroxyl groups is 1. The average molecular weight is 295 g/mol. The maximum atomic E-state index is 10.5. The summed E-state index contributed by atoms with van der Waals surface area (Å²) < 4.78 is 17.6. The minimum atomic E-state index is -0.816. The lowest BCUT2D eigenvalue weighted by atomic mass is 10.1. The van der Waals surface area contributed by atoms with Gasteiger partial charge in [-0.1, -0.05) is 0 Å². The summed E-state index contributed by atoms with van der Waals surface area (Å²) in [5.74, 6) is 0.301. The first-order valence-corrected chi connectivity index (χ1v) is 6.45. The highest BCUT2D eigenvalue weighted by Crippen LogP contribution is 2.30. The quantitative estimate of drug-likeness (QED) is 0.713. The van der Waals surface area contributed by atoms with Crippen molar-refractivity contribution in [2.75, 3.05) is 26.6 Å². The van der Waals surface area contributed by atoms with Crippen molar-refractivity contribution in [1.82, 2.24) is 19.5 Å². The van der Waals surface area contributed by atoms with Crippen LogP contribution in [0.5, 0.6) is 0 Å². The lowest BCUT2D eigenvalue weighted by Gasteiger charge is -2.24. The van der Waals surface area contributed by atoms with E-state index in [4.69, 9.17) is 19.9 Å². The summed E-state index contributed by atoms with van der Waals surface area (Å²) in [5, 5.41) is 10.5. The van der Waals surface area contributed by atoms with Crippen LogP contribution >= 0.6 is 0 Å². The van der Waals surface area contributed by atoms with Gasteiger partial charge in [-0.25, -0.2) is 15.0 Å². The van der Waals surface area contributed by atoms with Gasteiger partial charge in [0.2, 0.25) is 0 Å². The number of methoxy groups -OCH3 is 2. The second kappa shape index (κ2) is 5.53. The Morgan fingerprint density at radius 2 is 2.14 bits per heavy atom. The van der Waals surface area contributed by atoms with Gasteiger partial charge in [-0.15, -0.1) is 0 Å². The lowest BCUT2D eigenvalue weighted by Crippen LogP contribution is -2.39. The summed E-state index contributed by atoms with van der Waals surface area (Å²) in [6.07, 6.45) is 0.900. The van der Waals surface area contributed by atoms with Crippen molar-refractivity contribution in [2.24, 2.45) is 0 Å². The number of anilines is 1. The van der Waals surface area contributed by atoms with E-state index in [1.54, 1.807) is 10.9 Å². The summed E-state index contributed by atoms with van der Waals surface area (Å²) >= 11 is 0. The van der Waals surface area contributed by atoms with Gasteiger partial charge in [0.1, 0.15) is 24.1 Å². The molecular weight excluding hydrogens is 278 g/mol. The van der Waals surface area contributed by atoms with Crippen molar-refractivity contribution in [2.45, 2.75) is 24.5 Å². The highest BCUT2D eigenvalue weighted by atomic mass is 16.7. The first-order valence-electron chi connectivity index (χ1n) is 6.45. The van der Waals surface area contributed by atoms with Gasteiger partial charge in [0.05, 0.1) is 19.0 Å². The Morgan fingerprint density at radius 3 is 2.86 bits per heavy atom. The molecule has 9 heteroatoms. The number of nitrogens with two attached hydrogens (primary N) is 1. The van der Waals surface area contributed by atoms with E-state index in [1.807, 2.05) is 0 Å². The van der Waals surface area contributed by atoms with E-state index < -0.39 is 18.5 Å². The molecule has 0 unspecified atom stereocenters. The number of nitrogens with zero attached hydrogens (tertiary/aromatic N) is 4. The summed E-state index contributed by atoms with van der Waals surface area (Å²) in [6, 6.07) is -0.345. The zero-order valence-corrected chi connectivity index (χ0v) is 11.7. The number of aromatic nitrogens is 4. The SMILES string of the molecule is COC(OC)[C@@H]1OC[C@H](n2cnc3c(N)ncnc32)[C@H]1O. The van der Waals surface area contributed by atoms with Crippen LogP contribution in [-0.2, 0) is 14.2 Å². The number of hydrogen-bond acceptors (Lipinski definition) is 8. The fraction of sp³-hybridized carbons (Fsp3) is 0.583. The molecule has 2 aromatic heterocycles. The van der Waals surface area contributed by atoms with Crippen LogP contribution < -0.4 is 5.73 Å². The Kier molecular flexibility index (Phi) is 3.72. The molecule has 0 amide bonds. The molecule has 1 fully saturated rings. The smallest absolute Gasteiger partial charge is 0.185 e. The van der Waals surface area contributed by atoms with Crippen LogP contribution in [0.15, 0.2) is 12.7 Å². The zero-order valence-electron chi connectivity index (χ0n) is 11.7. The third-order valence-corrected chi connectivity index (χ3v) is 3.67. The molecule has 2 aromatic rings. The van der Waals surface area contributed by atoms with Crippen molar-refractivity contribution >= 4 is 17.0 Å². The molecule has 3 heterocycles. The second-order valence-electron chi connectivity index (χ2n) is 4.78. The van der Waals surface area contributed by atoms with Crippen molar-refractivity contribution in [3.05, 3.63) is 12.7 Å². The normalized spacial score (nSPS) is 26.0. The number of imidazole rings is 1. The van der Waals surface area contributed by atoms with Gasteiger partial charge < -0.3 is 29.6 Å². The summed E-state index contributed by atoms with van der Waals surface area (Å²) in [6.45, 7) is 0.296. The molecule has 3 atom stereocenters. The molecule has 0 bridgehead atoms. The minimum Gasteiger partial charge on any atom is -0.388 e. The molecule has 3 rings (SSSR count). The molecule has 3 N–H and O–H groups in total. The van der Waals surface area contributed by atoms with Gasteiger partial charge in [-0.2, -0.15) is 0 Å². The maximum absolute atomic E-state index is 10.5. The van der Waals surface area contributed by atoms with E-state index in [0.717, 1.165) is 0 Å². The van der Waals surface area contributed by atoms with Crippen LogP contribution in [0.25, 0.3) is 11.2 Å². The third kappa shape index (κ3) is 2.23. The van der Waals surface area contributed by atoms with E-state index >= 15 is 0 Å². The highest BCUT2D eigenvalue weighted by molar-refractivity contribution is 5.81. The van der Waals surface area contributed by atoms with E-state index in [0.29, 0.717) is 23.6 Å². The monoisotopic (exact) mass is 295 g/mol. The van der Waals surface area contributed by atoms with Gasteiger partial charge in [0, 0.05) is 14.2 Å². The van der Waals surface area contributed by atoms with Gasteiger partial charge in [0.15, 0.2) is 17.8 Å². The molecule has 0 radical (unpaired) electrons. The molecule has 0 spiro atoms. The Hall–Kier alpha value is -1.81. The van der Waals surface area contributed by atoms with E-state index in [2.05, 4.69) is 15.0 Å². The lowest BCUT2D eigenvalue weighted by molar-refractivity contribution is -0.185. The molecule has 0 aliphatic carbocycles. The fourth-order valence-electron chi connectivity index (χ4n) is 2.59. The summed E-state index contributed by atoms with van der Waals surface area (Å²) in [4.78, 5) is 12.3. The molecule has 114 valence electrons. The van der Waals surface area contributed by atoms with Crippen LogP contribution in [0.2, 0.25) is 0 Å². The first-order chi connectivity index (χ1) is 10.2. The highest BCUT2D eigenvalue weighted by Gasteiger charge is 2.42. The Morgan fingerprint density at radius 1 is 1.38 bits per heavy atom. The number of rotatable bonds is 4.